The molecule has 0 aromatic heterocycles. The van der Waals surface area contributed by atoms with Crippen molar-refractivity contribution in [2.45, 2.75) is 80.6 Å². The largest absolute Gasteiger partial charge is 0.508 e. The molecular weight excluding hydrogens is 1250 g/mol. The molecule has 480 valence electrons. The Morgan fingerprint density at radius 1 is 0.581 bits per heavy atom. The molecule has 16 N–H and O–H groups in total. The average Bonchev–Trinajstić information content (AvgIpc) is 1.02. The van der Waals surface area contributed by atoms with E-state index in [-0.39, 0.29) is 96.6 Å². The molecule has 17 bridgehead atoms. The highest BCUT2D eigenvalue weighted by molar-refractivity contribution is 6.32. The van der Waals surface area contributed by atoms with Crippen molar-refractivity contribution < 1.29 is 83.5 Å². The van der Waals surface area contributed by atoms with E-state index in [4.69, 9.17) is 43.1 Å². The summed E-state index contributed by atoms with van der Waals surface area (Å²) in [6, 6.07) is 9.45. The Bertz CT molecular complexity index is 4270. The number of nitrogens with zero attached hydrogens (tertiary/aromatic N) is 1. The SMILES string of the molecule is CCN1CCCC1CNC(=O)[C@H]1NC(=O)[C@H]2NC(=O)[C@H](NC(=O)[C@@H]3NC(=O)[C@H]4NC(=O)[C@@H](Cc5ccc(c(Cl)c5)Oc5cc3cc(c5O)Oc3ccc(cc3Cl)[C@H]2O)NC(=O)[C@H](N)c2ccc(O)c(c2)Oc2cc(O)cc4c2)c2ccc(O)c(c2)-c2c(O)cc(O)cc21. The predicted molar refractivity (Wildman–Crippen MR) is 331 cm³/mol. The number of aliphatic hydroxyl groups excluding tert-OH is 1. The quantitative estimate of drug-likeness (QED) is 0.103. The van der Waals surface area contributed by atoms with E-state index in [0.717, 1.165) is 61.9 Å². The minimum absolute atomic E-state index is 0.0918. The lowest BCUT2D eigenvalue weighted by molar-refractivity contribution is -0.137. The number of rotatable bonds is 4. The van der Waals surface area contributed by atoms with Gasteiger partial charge in [-0.1, -0.05) is 54.4 Å². The van der Waals surface area contributed by atoms with Crippen molar-refractivity contribution >= 4 is 64.6 Å². The number of carbonyl (C=O) groups is 7. The van der Waals surface area contributed by atoms with Crippen LogP contribution >= 0.6 is 23.2 Å². The summed E-state index contributed by atoms with van der Waals surface area (Å²) in [6.45, 7) is 3.50. The molecule has 1 fully saturated rings. The molecule has 26 nitrogen and oxygen atoms in total. The van der Waals surface area contributed by atoms with Crippen LogP contribution in [0.5, 0.6) is 69.0 Å². The molecule has 0 radical (unpaired) electrons. The lowest BCUT2D eigenvalue weighted by atomic mass is 9.89. The molecule has 0 saturated carbocycles. The number of nitrogens with two attached hydrogens (primary N) is 1. The van der Waals surface area contributed by atoms with Crippen molar-refractivity contribution in [2.24, 2.45) is 5.73 Å². The Balaban J connectivity index is 1.05. The van der Waals surface area contributed by atoms with E-state index in [1.54, 1.807) is 0 Å². The van der Waals surface area contributed by atoms with Crippen LogP contribution in [0.15, 0.2) is 115 Å². The normalized spacial score (nSPS) is 23.0. The van der Waals surface area contributed by atoms with Crippen LogP contribution in [0, 0.1) is 0 Å². The average molecular weight is 1310 g/mol. The van der Waals surface area contributed by atoms with Gasteiger partial charge in [-0.25, -0.2) is 0 Å². The van der Waals surface area contributed by atoms with E-state index in [2.05, 4.69) is 42.1 Å². The van der Waals surface area contributed by atoms with Crippen LogP contribution in [0.1, 0.15) is 95.0 Å². The molecule has 7 aromatic carbocycles. The van der Waals surface area contributed by atoms with Gasteiger partial charge in [0, 0.05) is 42.3 Å². The van der Waals surface area contributed by atoms with Crippen molar-refractivity contribution in [3.8, 4) is 80.1 Å². The highest BCUT2D eigenvalue weighted by Gasteiger charge is 2.42. The number of phenolic OH excluding ortho intramolecular Hbond substituents is 6. The van der Waals surface area contributed by atoms with E-state index < -0.39 is 136 Å². The molecule has 7 heterocycles. The second kappa shape index (κ2) is 25.3. The highest BCUT2D eigenvalue weighted by Crippen LogP contribution is 2.48. The van der Waals surface area contributed by atoms with Crippen molar-refractivity contribution in [3.63, 3.8) is 0 Å². The first-order valence-electron chi connectivity index (χ1n) is 29.3. The number of benzene rings is 7. The minimum atomic E-state index is -2.15. The van der Waals surface area contributed by atoms with Gasteiger partial charge in [0.05, 0.1) is 10.0 Å². The molecule has 7 aliphatic rings. The van der Waals surface area contributed by atoms with Crippen molar-refractivity contribution in [2.75, 3.05) is 19.6 Å². The summed E-state index contributed by atoms with van der Waals surface area (Å²) in [4.78, 5) is 108. The first kappa shape index (κ1) is 62.7. The third-order valence-electron chi connectivity index (χ3n) is 16.9. The van der Waals surface area contributed by atoms with Gasteiger partial charge in [-0.2, -0.15) is 0 Å². The number of likely N-dealkylation sites (N-methyl/N-ethyl adjacent to an activating group) is 1. The number of ether oxygens (including phenoxy) is 3. The zero-order chi connectivity index (χ0) is 65.8. The second-order valence-corrected chi connectivity index (χ2v) is 23.7. The number of phenols is 6. The number of fused-ring (bicyclic) bond motifs is 14. The van der Waals surface area contributed by atoms with Crippen LogP contribution in [-0.4, -0.2) is 120 Å². The minimum Gasteiger partial charge on any atom is -0.508 e. The lowest BCUT2D eigenvalue weighted by Gasteiger charge is -2.32. The fourth-order valence-corrected chi connectivity index (χ4v) is 12.6. The van der Waals surface area contributed by atoms with Crippen LogP contribution in [-0.2, 0) is 40.0 Å². The molecule has 14 rings (SSSR count). The summed E-state index contributed by atoms with van der Waals surface area (Å²) in [5, 5.41) is 99.6. The second-order valence-electron chi connectivity index (χ2n) is 22.9. The molecule has 7 amide bonds. The zero-order valence-electron chi connectivity index (χ0n) is 48.9. The molecule has 0 spiro atoms. The Morgan fingerprint density at radius 3 is 1.89 bits per heavy atom. The van der Waals surface area contributed by atoms with Gasteiger partial charge in [-0.15, -0.1) is 0 Å². The third kappa shape index (κ3) is 12.6. The van der Waals surface area contributed by atoms with Gasteiger partial charge in [-0.3, -0.25) is 38.5 Å². The van der Waals surface area contributed by atoms with Crippen LogP contribution in [0.2, 0.25) is 10.0 Å². The van der Waals surface area contributed by atoms with Gasteiger partial charge < -0.3 is 92.9 Å². The monoisotopic (exact) mass is 1310 g/mol. The van der Waals surface area contributed by atoms with Gasteiger partial charge >= 0.3 is 0 Å². The van der Waals surface area contributed by atoms with Crippen LogP contribution in [0.3, 0.4) is 0 Å². The number of aliphatic hydroxyl groups is 1. The molecule has 1 unspecified atom stereocenters. The Morgan fingerprint density at radius 2 is 1.19 bits per heavy atom. The van der Waals surface area contributed by atoms with Crippen molar-refractivity contribution in [3.05, 3.63) is 164 Å². The van der Waals surface area contributed by atoms with Gasteiger partial charge in [0.2, 0.25) is 47.1 Å². The highest BCUT2D eigenvalue weighted by atomic mass is 35.5. The number of aromatic hydroxyl groups is 6. The van der Waals surface area contributed by atoms with Gasteiger partial charge in [0.15, 0.2) is 23.0 Å². The smallest absolute Gasteiger partial charge is 0.248 e. The first-order chi connectivity index (χ1) is 44.5. The number of hydrogen-bond acceptors (Lipinski definition) is 19. The Labute approximate surface area is 538 Å². The molecular formula is C65H59Cl2N9O17. The maximum absolute atomic E-state index is 15.9. The summed E-state index contributed by atoms with van der Waals surface area (Å²) >= 11 is 13.8. The molecule has 1 saturated heterocycles. The first-order valence-corrected chi connectivity index (χ1v) is 30.1. The summed E-state index contributed by atoms with van der Waals surface area (Å²) < 4.78 is 18.6. The third-order valence-corrected chi connectivity index (χ3v) is 17.5. The van der Waals surface area contributed by atoms with E-state index in [9.17, 15) is 50.1 Å². The van der Waals surface area contributed by atoms with Crippen molar-refractivity contribution in [1.29, 1.82) is 0 Å². The summed E-state index contributed by atoms with van der Waals surface area (Å²) in [5.74, 6) is -13.3. The van der Waals surface area contributed by atoms with Crippen molar-refractivity contribution in [1.82, 2.24) is 42.1 Å². The van der Waals surface area contributed by atoms with E-state index in [0.29, 0.717) is 12.1 Å². The maximum Gasteiger partial charge on any atom is 0.248 e. The van der Waals surface area contributed by atoms with Gasteiger partial charge in [0.1, 0.15) is 88.6 Å². The Hall–Kier alpha value is -10.5. The van der Waals surface area contributed by atoms with E-state index >= 15 is 19.2 Å². The van der Waals surface area contributed by atoms with Crippen LogP contribution in [0.4, 0.5) is 0 Å². The molecule has 28 heteroatoms. The van der Waals surface area contributed by atoms with E-state index in [1.807, 2.05) is 6.92 Å². The predicted octanol–water partition coefficient (Wildman–Crippen LogP) is 5.50. The molecule has 9 atom stereocenters. The van der Waals surface area contributed by atoms with Gasteiger partial charge in [-0.05, 0) is 144 Å². The molecule has 7 aromatic rings. The molecule has 93 heavy (non-hydrogen) atoms. The topological polar surface area (TPSA) is 402 Å². The number of likely N-dealkylation sites (tertiary alicyclic amines) is 1. The summed E-state index contributed by atoms with van der Waals surface area (Å²) in [6.07, 6.45) is -0.836. The molecule has 7 aliphatic heterocycles. The number of nitrogens with one attached hydrogen (secondary N) is 7. The lowest BCUT2D eigenvalue weighted by Crippen LogP contribution is -2.56. The Kier molecular flexibility index (Phi) is 17.0. The fourth-order valence-electron chi connectivity index (χ4n) is 12.1. The number of carbonyl (C=O) groups excluding carboxylic acids is 7. The number of amides is 7. The van der Waals surface area contributed by atoms with Crippen LogP contribution in [0.25, 0.3) is 11.1 Å². The maximum atomic E-state index is 15.9. The summed E-state index contributed by atoms with van der Waals surface area (Å²) in [7, 11) is 0. The zero-order valence-corrected chi connectivity index (χ0v) is 50.4. The van der Waals surface area contributed by atoms with Crippen LogP contribution < -0.4 is 57.2 Å². The standard InChI is InChI=1S/C65H59Cl2N9O17/c1-2-76-13-3-4-33(76)26-69-61(86)55-38-24-35(78)25-44(81)50(38)37-18-29(7-9-42(37)79)52-62(87)75-56(65(90)74-55)57(82)30-8-12-46(40(67)19-30)93-49-22-32-21-48(58(49)83)92-45-11-5-27(14-39(45)66)15-41-59(84)71-53(63(88)73-54(32)64(89)72-52)31-16-34(77)23-36(17-31)91-47-20-28(6-10-43(47)80)51(68)60(85)70-41/h5-12,14,16-25,33,41,51-57,77-83H,2-4,13,15,26,68H2,1H3,(H,69,86)(H,70,85)(H,71,84)(H,72,89)(H,73,88)(H,74,90)(H,75,87)/t33?,41-,51-,52-,53+,54-,55+,56+,57-/m1/s1. The van der Waals surface area contributed by atoms with E-state index in [1.165, 1.54) is 72.8 Å². The fraction of sp³-hybridized carbons (Fsp3) is 0.246. The molecule has 0 aliphatic carbocycles. The van der Waals surface area contributed by atoms with Gasteiger partial charge in [0.25, 0.3) is 0 Å². The number of halogens is 2. The summed E-state index contributed by atoms with van der Waals surface area (Å²) in [5.41, 5.74) is 5.12. The number of hydrogen-bond donors (Lipinski definition) is 15.